The third-order valence-electron chi connectivity index (χ3n) is 9.04. The first-order valence-corrected chi connectivity index (χ1v) is 9.27. The molecule has 0 aliphatic heterocycles. The van der Waals surface area contributed by atoms with Crippen LogP contribution in [0.25, 0.3) is 0 Å². The average Bonchev–Trinajstić information content (AvgIpc) is 3.21. The van der Waals surface area contributed by atoms with Crippen molar-refractivity contribution in [2.24, 2.45) is 71.0 Å². The molecule has 5 fully saturated rings. The van der Waals surface area contributed by atoms with Gasteiger partial charge in [0.25, 0.3) is 0 Å². The first-order valence-electron chi connectivity index (χ1n) is 9.27. The summed E-state index contributed by atoms with van der Waals surface area (Å²) in [6, 6.07) is 4.98. The highest BCUT2D eigenvalue weighted by Crippen LogP contribution is 2.80. The minimum absolute atomic E-state index is 0.674. The molecule has 2 heteroatoms. The lowest BCUT2D eigenvalue weighted by molar-refractivity contribution is 0.225. The fraction of sp³-hybridized carbons (Fsp3) is 0.800. The highest BCUT2D eigenvalue weighted by Gasteiger charge is 2.76. The lowest BCUT2D eigenvalue weighted by Gasteiger charge is -2.27. The van der Waals surface area contributed by atoms with Gasteiger partial charge in [-0.15, -0.1) is 0 Å². The van der Waals surface area contributed by atoms with E-state index in [-0.39, 0.29) is 0 Å². The predicted octanol–water partition coefficient (Wildman–Crippen LogP) is 3.63. The Bertz CT molecular complexity index is 598. The monoisotopic (exact) mass is 290 g/mol. The third-order valence-corrected chi connectivity index (χ3v) is 9.04. The predicted molar refractivity (Wildman–Crippen MR) is 80.7 cm³/mol. The molecule has 0 saturated heterocycles. The van der Waals surface area contributed by atoms with Gasteiger partial charge in [-0.3, -0.25) is 0 Å². The Morgan fingerprint density at radius 3 is 1.64 bits per heavy atom. The second-order valence-corrected chi connectivity index (χ2v) is 9.05. The van der Waals surface area contributed by atoms with Gasteiger partial charge in [0.1, 0.15) is 0 Å². The Balaban J connectivity index is 1.47. The lowest BCUT2D eigenvalue weighted by Crippen LogP contribution is -2.23. The Kier molecular flexibility index (Phi) is 2.10. The van der Waals surface area contributed by atoms with E-state index in [1.165, 1.54) is 12.8 Å². The van der Waals surface area contributed by atoms with E-state index < -0.39 is 0 Å². The van der Waals surface area contributed by atoms with Crippen molar-refractivity contribution in [1.82, 2.24) is 0 Å². The molecule has 2 unspecified atom stereocenters. The maximum atomic E-state index is 9.26. The summed E-state index contributed by atoms with van der Waals surface area (Å²) in [5, 5.41) is 18.5. The van der Waals surface area contributed by atoms with E-state index in [9.17, 15) is 10.5 Å². The summed E-state index contributed by atoms with van der Waals surface area (Å²) in [5.41, 5.74) is 0. The second-order valence-electron chi connectivity index (χ2n) is 9.05. The number of nitriles is 2. The molecule has 0 heterocycles. The molecule has 6 rings (SSSR count). The second kappa shape index (κ2) is 3.79. The van der Waals surface area contributed by atoms with E-state index in [4.69, 9.17) is 0 Å². The van der Waals surface area contributed by atoms with Gasteiger partial charge < -0.3 is 0 Å². The summed E-state index contributed by atoms with van der Waals surface area (Å²) >= 11 is 0. The summed E-state index contributed by atoms with van der Waals surface area (Å²) < 4.78 is 0. The van der Waals surface area contributed by atoms with Crippen molar-refractivity contribution in [3.05, 3.63) is 12.2 Å². The van der Waals surface area contributed by atoms with Gasteiger partial charge in [0, 0.05) is 12.8 Å². The van der Waals surface area contributed by atoms with Crippen molar-refractivity contribution in [3.8, 4) is 12.1 Å². The number of hydrogen-bond acceptors (Lipinski definition) is 2. The molecule has 0 N–H and O–H groups in total. The van der Waals surface area contributed by atoms with E-state index in [1.807, 2.05) is 0 Å². The smallest absolute Gasteiger partial charge is 0.0624 e. The minimum Gasteiger partial charge on any atom is -0.198 e. The van der Waals surface area contributed by atoms with Crippen LogP contribution in [-0.2, 0) is 0 Å². The molecule has 112 valence electrons. The number of allylic oxidation sites excluding steroid dienone is 2. The van der Waals surface area contributed by atoms with Crippen molar-refractivity contribution in [2.75, 3.05) is 0 Å². The molecule has 22 heavy (non-hydrogen) atoms. The highest BCUT2D eigenvalue weighted by atomic mass is 14.8. The van der Waals surface area contributed by atoms with Crippen LogP contribution < -0.4 is 0 Å². The standard InChI is InChI=1S/C20H22N2/c21-5-3-9-7-13-14-8-10(4-6-22)16-12-2-1-11-15(9)18(13)20(17(11)12)19(14)16/h1-2,9-20H,3-4,7-8H2/t9-,10+,11-,12-,13-,14+,15-,16+,17?,18+,19+,20?/m0/s1. The number of hydrogen-bond donors (Lipinski definition) is 0. The summed E-state index contributed by atoms with van der Waals surface area (Å²) in [7, 11) is 0. The Hall–Kier alpha value is -1.28. The van der Waals surface area contributed by atoms with Crippen LogP contribution in [0.2, 0.25) is 0 Å². The molecule has 6 aliphatic rings. The molecule has 5 saturated carbocycles. The van der Waals surface area contributed by atoms with Crippen LogP contribution in [0.3, 0.4) is 0 Å². The maximum absolute atomic E-state index is 9.26. The van der Waals surface area contributed by atoms with Crippen LogP contribution in [0.5, 0.6) is 0 Å². The fourth-order valence-electron chi connectivity index (χ4n) is 9.17. The molecule has 0 radical (unpaired) electrons. The highest BCUT2D eigenvalue weighted by molar-refractivity contribution is 5.31. The summed E-state index contributed by atoms with van der Waals surface area (Å²) in [5.74, 6) is 10.2. The van der Waals surface area contributed by atoms with Crippen molar-refractivity contribution in [3.63, 3.8) is 0 Å². The number of rotatable bonds is 2. The lowest BCUT2D eigenvalue weighted by atomic mass is 9.77. The van der Waals surface area contributed by atoms with Crippen LogP contribution in [0.15, 0.2) is 12.2 Å². The van der Waals surface area contributed by atoms with Crippen molar-refractivity contribution < 1.29 is 0 Å². The molecule has 0 bridgehead atoms. The first kappa shape index (κ1) is 12.2. The van der Waals surface area contributed by atoms with Gasteiger partial charge in [0.2, 0.25) is 0 Å². The number of nitrogens with zero attached hydrogens (tertiary/aromatic N) is 2. The van der Waals surface area contributed by atoms with Crippen LogP contribution in [-0.4, -0.2) is 0 Å². The van der Waals surface area contributed by atoms with Gasteiger partial charge in [0.05, 0.1) is 12.1 Å². The molecular weight excluding hydrogens is 268 g/mol. The van der Waals surface area contributed by atoms with Gasteiger partial charge in [-0.25, -0.2) is 0 Å². The van der Waals surface area contributed by atoms with Gasteiger partial charge in [-0.2, -0.15) is 10.5 Å². The molecule has 0 spiro atoms. The Labute approximate surface area is 132 Å². The minimum atomic E-state index is 0.674. The van der Waals surface area contributed by atoms with Gasteiger partial charge in [-0.05, 0) is 83.9 Å². The van der Waals surface area contributed by atoms with Crippen molar-refractivity contribution >= 4 is 0 Å². The largest absolute Gasteiger partial charge is 0.198 e. The maximum Gasteiger partial charge on any atom is 0.0624 e. The van der Waals surface area contributed by atoms with Crippen molar-refractivity contribution in [1.29, 1.82) is 10.5 Å². The molecular formula is C20H22N2. The van der Waals surface area contributed by atoms with E-state index in [1.54, 1.807) is 0 Å². The molecule has 0 aromatic carbocycles. The summed E-state index contributed by atoms with van der Waals surface area (Å²) in [6.45, 7) is 0. The van der Waals surface area contributed by atoms with Crippen LogP contribution in [0, 0.1) is 93.7 Å². The molecule has 0 aromatic rings. The summed E-state index contributed by atoms with van der Waals surface area (Å²) in [4.78, 5) is 0. The third kappa shape index (κ3) is 1.08. The average molecular weight is 290 g/mol. The molecule has 2 nitrogen and oxygen atoms in total. The van der Waals surface area contributed by atoms with Crippen LogP contribution >= 0.6 is 0 Å². The zero-order valence-corrected chi connectivity index (χ0v) is 12.8. The van der Waals surface area contributed by atoms with E-state index in [2.05, 4.69) is 24.3 Å². The van der Waals surface area contributed by atoms with E-state index in [0.717, 1.165) is 72.0 Å². The molecule has 0 aromatic heterocycles. The van der Waals surface area contributed by atoms with Crippen molar-refractivity contribution in [2.45, 2.75) is 25.7 Å². The van der Waals surface area contributed by atoms with Crippen LogP contribution in [0.1, 0.15) is 25.7 Å². The summed E-state index contributed by atoms with van der Waals surface area (Å²) in [6.07, 6.45) is 9.34. The Morgan fingerprint density at radius 2 is 1.18 bits per heavy atom. The molecule has 6 aliphatic carbocycles. The first-order chi connectivity index (χ1) is 10.8. The normalized spacial score (nSPS) is 64.1. The van der Waals surface area contributed by atoms with E-state index in [0.29, 0.717) is 11.8 Å². The van der Waals surface area contributed by atoms with Crippen LogP contribution in [0.4, 0.5) is 0 Å². The Morgan fingerprint density at radius 1 is 0.682 bits per heavy atom. The van der Waals surface area contributed by atoms with Gasteiger partial charge >= 0.3 is 0 Å². The zero-order chi connectivity index (χ0) is 14.6. The molecule has 0 amide bonds. The van der Waals surface area contributed by atoms with E-state index >= 15 is 0 Å². The fourth-order valence-corrected chi connectivity index (χ4v) is 9.17. The zero-order valence-electron chi connectivity index (χ0n) is 12.8. The van der Waals surface area contributed by atoms with Gasteiger partial charge in [-0.1, -0.05) is 12.2 Å². The molecule has 12 atom stereocenters. The quantitative estimate of drug-likeness (QED) is 0.729. The van der Waals surface area contributed by atoms with Gasteiger partial charge in [0.15, 0.2) is 0 Å². The SMILES string of the molecule is N#CC[C@H]1C[C@H]2[C@H]3C[C@@H](CC#N)[C@H]4[C@@H]3C3C5[C@@H](C=C[C@H]54)[C@H]1[C@H]32. The number of fused-ring (bicyclic) bond motifs is 3. The topological polar surface area (TPSA) is 47.6 Å².